The number of hydrogen-bond acceptors (Lipinski definition) is 9. The third kappa shape index (κ3) is 4.15. The van der Waals surface area contributed by atoms with Crippen molar-refractivity contribution in [1.29, 1.82) is 5.26 Å². The lowest BCUT2D eigenvalue weighted by Gasteiger charge is -2.25. The predicted molar refractivity (Wildman–Crippen MR) is 143 cm³/mol. The first-order valence-corrected chi connectivity index (χ1v) is 12.4. The fourth-order valence-electron chi connectivity index (χ4n) is 4.52. The molecule has 38 heavy (non-hydrogen) atoms. The lowest BCUT2D eigenvalue weighted by Crippen LogP contribution is -2.21. The van der Waals surface area contributed by atoms with Crippen LogP contribution in [0.2, 0.25) is 0 Å². The van der Waals surface area contributed by atoms with Gasteiger partial charge in [0, 0.05) is 15.6 Å². The number of methoxy groups -OCH3 is 3. The van der Waals surface area contributed by atoms with E-state index in [2.05, 4.69) is 6.07 Å². The van der Waals surface area contributed by atoms with Gasteiger partial charge in [0.15, 0.2) is 17.2 Å². The number of fused-ring (bicyclic) bond motifs is 3. The molecule has 1 unspecified atom stereocenters. The molecule has 192 valence electrons. The molecule has 1 atom stereocenters. The Morgan fingerprint density at radius 2 is 1.71 bits per heavy atom. The molecular formula is C29H24N2O6S. The van der Waals surface area contributed by atoms with Crippen LogP contribution in [0.4, 0.5) is 0 Å². The minimum Gasteiger partial charge on any atom is -0.493 e. The zero-order valence-corrected chi connectivity index (χ0v) is 22.0. The van der Waals surface area contributed by atoms with E-state index in [9.17, 15) is 10.1 Å². The number of esters is 1. The van der Waals surface area contributed by atoms with Gasteiger partial charge in [0.05, 0.1) is 37.7 Å². The summed E-state index contributed by atoms with van der Waals surface area (Å²) in [5.74, 6) is 0.738. The van der Waals surface area contributed by atoms with E-state index in [1.807, 2.05) is 43.3 Å². The smallest absolute Gasteiger partial charge is 0.343 e. The van der Waals surface area contributed by atoms with Gasteiger partial charge in [-0.3, -0.25) is 0 Å². The van der Waals surface area contributed by atoms with Crippen LogP contribution in [0, 0.1) is 18.3 Å². The number of nitriles is 1. The number of nitrogens with two attached hydrogens (primary N) is 1. The molecule has 8 nitrogen and oxygen atoms in total. The molecule has 1 aromatic heterocycles. The maximum absolute atomic E-state index is 13.4. The molecule has 1 aliphatic rings. The maximum Gasteiger partial charge on any atom is 0.343 e. The third-order valence-electron chi connectivity index (χ3n) is 6.31. The second-order valence-corrected chi connectivity index (χ2v) is 9.64. The van der Waals surface area contributed by atoms with Gasteiger partial charge in [-0.2, -0.15) is 5.26 Å². The van der Waals surface area contributed by atoms with Crippen LogP contribution in [0.25, 0.3) is 10.1 Å². The number of carbonyl (C=O) groups excluding carboxylic acids is 1. The van der Waals surface area contributed by atoms with Crippen LogP contribution in [0.5, 0.6) is 28.7 Å². The van der Waals surface area contributed by atoms with Gasteiger partial charge in [-0.25, -0.2) is 4.79 Å². The van der Waals surface area contributed by atoms with Crippen molar-refractivity contribution in [2.75, 3.05) is 21.3 Å². The third-order valence-corrected chi connectivity index (χ3v) is 7.52. The van der Waals surface area contributed by atoms with Gasteiger partial charge in [-0.15, -0.1) is 11.3 Å². The first-order chi connectivity index (χ1) is 18.4. The number of aryl methyl sites for hydroxylation is 1. The Morgan fingerprint density at radius 1 is 1.00 bits per heavy atom. The number of benzene rings is 3. The molecule has 0 saturated heterocycles. The number of hydrogen-bond donors (Lipinski definition) is 1. The van der Waals surface area contributed by atoms with E-state index in [-0.39, 0.29) is 17.0 Å². The SMILES string of the molecule is COc1cc(C(=O)Oc2cc(C)ccc2C2C(C#N)=C(N)Oc3c2sc2ccccc32)cc(OC)c1OC. The Hall–Kier alpha value is -4.68. The highest BCUT2D eigenvalue weighted by Gasteiger charge is 2.36. The van der Waals surface area contributed by atoms with E-state index < -0.39 is 11.9 Å². The average molecular weight is 529 g/mol. The molecule has 0 amide bonds. The molecule has 2 heterocycles. The molecule has 5 rings (SSSR count). The zero-order chi connectivity index (χ0) is 27.0. The summed E-state index contributed by atoms with van der Waals surface area (Å²) in [5, 5.41) is 11.0. The normalized spacial score (nSPS) is 14.3. The lowest BCUT2D eigenvalue weighted by atomic mass is 9.87. The number of ether oxygens (including phenoxy) is 5. The molecule has 4 aromatic rings. The Kier molecular flexibility index (Phi) is 6.57. The van der Waals surface area contributed by atoms with Crippen molar-refractivity contribution < 1.29 is 28.5 Å². The monoisotopic (exact) mass is 528 g/mol. The van der Waals surface area contributed by atoms with Crippen molar-refractivity contribution in [1.82, 2.24) is 0 Å². The zero-order valence-electron chi connectivity index (χ0n) is 21.2. The molecule has 9 heteroatoms. The Labute approximate surface area is 223 Å². The molecular weight excluding hydrogens is 504 g/mol. The topological polar surface area (TPSA) is 113 Å². The molecule has 0 saturated carbocycles. The fourth-order valence-corrected chi connectivity index (χ4v) is 5.78. The molecule has 2 N–H and O–H groups in total. The molecule has 1 aliphatic heterocycles. The van der Waals surface area contributed by atoms with E-state index in [0.29, 0.717) is 34.3 Å². The number of thiophene rings is 1. The standard InChI is InChI=1S/C29H24N2O6S/c1-15-9-10-17(20(11-15)36-29(32)16-12-21(33-2)26(35-4)22(13-16)34-3)24-19(14-30)28(31)37-25-18-7-5-6-8-23(18)38-27(24)25/h5-13,24H,31H2,1-4H3. The van der Waals surface area contributed by atoms with Crippen molar-refractivity contribution in [3.8, 4) is 34.8 Å². The summed E-state index contributed by atoms with van der Waals surface area (Å²) in [6, 6.07) is 18.6. The summed E-state index contributed by atoms with van der Waals surface area (Å²) in [6.45, 7) is 1.89. The van der Waals surface area contributed by atoms with Gasteiger partial charge < -0.3 is 29.4 Å². The molecule has 0 fully saturated rings. The van der Waals surface area contributed by atoms with Crippen molar-refractivity contribution in [3.05, 3.63) is 87.6 Å². The summed E-state index contributed by atoms with van der Waals surface area (Å²) < 4.78 is 29.0. The number of nitrogens with zero attached hydrogens (tertiary/aromatic N) is 1. The fraction of sp³-hybridized carbons (Fsp3) is 0.172. The van der Waals surface area contributed by atoms with E-state index in [4.69, 9.17) is 29.4 Å². The first kappa shape index (κ1) is 25.0. The second-order valence-electron chi connectivity index (χ2n) is 8.56. The van der Waals surface area contributed by atoms with Crippen LogP contribution in [0.15, 0.2) is 66.1 Å². The first-order valence-electron chi connectivity index (χ1n) is 11.6. The molecule has 0 radical (unpaired) electrons. The maximum atomic E-state index is 13.4. The highest BCUT2D eigenvalue weighted by Crippen LogP contribution is 2.52. The summed E-state index contributed by atoms with van der Waals surface area (Å²) >= 11 is 1.51. The van der Waals surface area contributed by atoms with Crippen LogP contribution in [-0.4, -0.2) is 27.3 Å². The molecule has 0 aliphatic carbocycles. The van der Waals surface area contributed by atoms with E-state index in [1.54, 1.807) is 6.07 Å². The Morgan fingerprint density at radius 3 is 2.37 bits per heavy atom. The van der Waals surface area contributed by atoms with Crippen LogP contribution in [-0.2, 0) is 0 Å². The Balaban J connectivity index is 1.62. The van der Waals surface area contributed by atoms with Crippen LogP contribution in [0.1, 0.15) is 32.3 Å². The van der Waals surface area contributed by atoms with Gasteiger partial charge in [0.25, 0.3) is 0 Å². The molecule has 3 aromatic carbocycles. The number of rotatable bonds is 6. The number of carbonyl (C=O) groups is 1. The van der Waals surface area contributed by atoms with Crippen LogP contribution in [0.3, 0.4) is 0 Å². The van der Waals surface area contributed by atoms with Crippen molar-refractivity contribution >= 4 is 27.4 Å². The van der Waals surface area contributed by atoms with Gasteiger partial charge in [0.1, 0.15) is 17.4 Å². The van der Waals surface area contributed by atoms with Gasteiger partial charge in [-0.05, 0) is 42.8 Å². The average Bonchev–Trinajstić information content (AvgIpc) is 3.29. The van der Waals surface area contributed by atoms with Crippen molar-refractivity contribution in [2.24, 2.45) is 5.73 Å². The number of allylic oxidation sites excluding steroid dienone is 1. The second kappa shape index (κ2) is 10.00. The van der Waals surface area contributed by atoms with E-state index >= 15 is 0 Å². The summed E-state index contributed by atoms with van der Waals surface area (Å²) in [6.07, 6.45) is 0. The van der Waals surface area contributed by atoms with Crippen molar-refractivity contribution in [2.45, 2.75) is 12.8 Å². The summed E-state index contributed by atoms with van der Waals surface area (Å²) in [4.78, 5) is 14.2. The molecule has 0 bridgehead atoms. The van der Waals surface area contributed by atoms with Crippen LogP contribution < -0.4 is 29.4 Å². The van der Waals surface area contributed by atoms with Crippen LogP contribution >= 0.6 is 11.3 Å². The minimum absolute atomic E-state index is 0.0241. The minimum atomic E-state index is -0.629. The lowest BCUT2D eigenvalue weighted by molar-refractivity contribution is 0.0732. The highest BCUT2D eigenvalue weighted by atomic mass is 32.1. The Bertz CT molecular complexity index is 1620. The summed E-state index contributed by atoms with van der Waals surface area (Å²) in [5.41, 5.74) is 8.18. The van der Waals surface area contributed by atoms with Gasteiger partial charge in [-0.1, -0.05) is 24.3 Å². The van der Waals surface area contributed by atoms with Crippen molar-refractivity contribution in [3.63, 3.8) is 0 Å². The van der Waals surface area contributed by atoms with Gasteiger partial charge in [0.2, 0.25) is 11.6 Å². The van der Waals surface area contributed by atoms with E-state index in [1.165, 1.54) is 44.8 Å². The quantitative estimate of drug-likeness (QED) is 0.251. The predicted octanol–water partition coefficient (Wildman–Crippen LogP) is 5.67. The largest absolute Gasteiger partial charge is 0.493 e. The molecule has 0 spiro atoms. The highest BCUT2D eigenvalue weighted by molar-refractivity contribution is 7.19. The summed E-state index contributed by atoms with van der Waals surface area (Å²) in [7, 11) is 4.43. The van der Waals surface area contributed by atoms with Gasteiger partial charge >= 0.3 is 5.97 Å². The van der Waals surface area contributed by atoms with E-state index in [0.717, 1.165) is 20.5 Å².